The van der Waals surface area contributed by atoms with Crippen LogP contribution in [0, 0.1) is 5.41 Å². The molecule has 6 heteroatoms. The average molecular weight is 380 g/mol. The minimum atomic E-state index is -0.529. The van der Waals surface area contributed by atoms with Crippen molar-refractivity contribution in [1.82, 2.24) is 5.32 Å². The van der Waals surface area contributed by atoms with Gasteiger partial charge in [-0.25, -0.2) is 0 Å². The summed E-state index contributed by atoms with van der Waals surface area (Å²) in [5.41, 5.74) is 5.64. The van der Waals surface area contributed by atoms with Gasteiger partial charge in [0.15, 0.2) is 0 Å². The zero-order valence-corrected chi connectivity index (χ0v) is 15.3. The highest BCUT2D eigenvalue weighted by atomic mass is 79.9. The van der Waals surface area contributed by atoms with Crippen molar-refractivity contribution in [3.63, 3.8) is 0 Å². The van der Waals surface area contributed by atoms with E-state index in [0.717, 1.165) is 10.2 Å². The Bertz CT molecular complexity index is 463. The maximum absolute atomic E-state index is 11.9. The molecule has 0 aromatic heterocycles. The number of benzene rings is 1. The maximum Gasteiger partial charge on any atom is 0.237 e. The number of ether oxygens (including phenoxy) is 1. The summed E-state index contributed by atoms with van der Waals surface area (Å²) in [6.45, 7) is 8.15. The molecule has 0 saturated heterocycles. The first-order valence-electron chi connectivity index (χ1n) is 6.66. The van der Waals surface area contributed by atoms with Crippen LogP contribution in [-0.2, 0) is 4.79 Å². The van der Waals surface area contributed by atoms with Gasteiger partial charge in [-0.2, -0.15) is 0 Å². The Morgan fingerprint density at radius 3 is 2.48 bits per heavy atom. The van der Waals surface area contributed by atoms with Gasteiger partial charge in [0, 0.05) is 0 Å². The molecule has 0 saturated carbocycles. The molecule has 21 heavy (non-hydrogen) atoms. The standard InChI is InChI=1S/C15H23BrN2O2.ClH/c1-10(20-12-8-6-5-7-11(12)16)9-18-14(19)13(17)15(2,3)4;/h5-8,10,13H,9,17H2,1-4H3,(H,18,19);1H/t10?,13-;/m1./s1. The van der Waals surface area contributed by atoms with Crippen LogP contribution in [0.25, 0.3) is 0 Å². The highest BCUT2D eigenvalue weighted by Gasteiger charge is 2.27. The fourth-order valence-corrected chi connectivity index (χ4v) is 1.92. The van der Waals surface area contributed by atoms with E-state index >= 15 is 0 Å². The van der Waals surface area contributed by atoms with Gasteiger partial charge in [-0.1, -0.05) is 32.9 Å². The molecular formula is C15H24BrClN2O2. The van der Waals surface area contributed by atoms with Crippen LogP contribution in [0.15, 0.2) is 28.7 Å². The molecule has 0 bridgehead atoms. The molecule has 0 aliphatic rings. The predicted molar refractivity (Wildman–Crippen MR) is 91.9 cm³/mol. The molecule has 1 unspecified atom stereocenters. The van der Waals surface area contributed by atoms with E-state index in [1.54, 1.807) is 0 Å². The zero-order valence-electron chi connectivity index (χ0n) is 12.9. The Balaban J connectivity index is 0.00000400. The molecule has 1 aromatic rings. The first-order chi connectivity index (χ1) is 9.21. The Kier molecular flexibility index (Phi) is 8.29. The molecule has 1 rings (SSSR count). The van der Waals surface area contributed by atoms with Gasteiger partial charge in [-0.3, -0.25) is 4.79 Å². The number of hydrogen-bond donors (Lipinski definition) is 2. The van der Waals surface area contributed by atoms with Crippen LogP contribution >= 0.6 is 28.3 Å². The largest absolute Gasteiger partial charge is 0.488 e. The van der Waals surface area contributed by atoms with E-state index < -0.39 is 6.04 Å². The lowest BCUT2D eigenvalue weighted by Gasteiger charge is -2.26. The van der Waals surface area contributed by atoms with E-state index in [2.05, 4.69) is 21.2 Å². The Labute approximate surface area is 141 Å². The van der Waals surface area contributed by atoms with Crippen LogP contribution in [0.2, 0.25) is 0 Å². The fourth-order valence-electron chi connectivity index (χ4n) is 1.55. The summed E-state index contributed by atoms with van der Waals surface area (Å²) in [6.07, 6.45) is -0.134. The van der Waals surface area contributed by atoms with E-state index in [1.807, 2.05) is 52.0 Å². The third-order valence-corrected chi connectivity index (χ3v) is 3.60. The van der Waals surface area contributed by atoms with Crippen molar-refractivity contribution in [2.45, 2.75) is 39.8 Å². The van der Waals surface area contributed by atoms with E-state index in [4.69, 9.17) is 10.5 Å². The Morgan fingerprint density at radius 2 is 1.95 bits per heavy atom. The van der Waals surface area contributed by atoms with Gasteiger partial charge in [-0.15, -0.1) is 12.4 Å². The number of rotatable bonds is 5. The van der Waals surface area contributed by atoms with Crippen LogP contribution in [0.3, 0.4) is 0 Å². The number of carbonyl (C=O) groups excluding carboxylic acids is 1. The monoisotopic (exact) mass is 378 g/mol. The van der Waals surface area contributed by atoms with Gasteiger partial charge in [-0.05, 0) is 40.4 Å². The normalized spacial score (nSPS) is 13.8. The average Bonchev–Trinajstić information content (AvgIpc) is 2.36. The molecule has 0 heterocycles. The summed E-state index contributed by atoms with van der Waals surface area (Å²) in [7, 11) is 0. The number of hydrogen-bond acceptors (Lipinski definition) is 3. The van der Waals surface area contributed by atoms with Gasteiger partial charge >= 0.3 is 0 Å². The van der Waals surface area contributed by atoms with Crippen molar-refractivity contribution in [2.24, 2.45) is 11.1 Å². The van der Waals surface area contributed by atoms with Crippen molar-refractivity contribution < 1.29 is 9.53 Å². The Morgan fingerprint density at radius 1 is 1.38 bits per heavy atom. The van der Waals surface area contributed by atoms with Crippen molar-refractivity contribution in [1.29, 1.82) is 0 Å². The number of nitrogens with one attached hydrogen (secondary N) is 1. The van der Waals surface area contributed by atoms with Crippen LogP contribution in [-0.4, -0.2) is 24.6 Å². The SMILES string of the molecule is CC(CNC(=O)[C@@H](N)C(C)(C)C)Oc1ccccc1Br.Cl. The molecule has 4 nitrogen and oxygen atoms in total. The third-order valence-electron chi connectivity index (χ3n) is 2.94. The zero-order chi connectivity index (χ0) is 15.3. The maximum atomic E-state index is 11.9. The summed E-state index contributed by atoms with van der Waals surface area (Å²) >= 11 is 3.42. The number of nitrogens with two attached hydrogens (primary N) is 1. The minimum Gasteiger partial charge on any atom is -0.488 e. The molecule has 2 atom stereocenters. The topological polar surface area (TPSA) is 64.4 Å². The molecule has 0 radical (unpaired) electrons. The number of para-hydroxylation sites is 1. The van der Waals surface area contributed by atoms with E-state index in [-0.39, 0.29) is 29.8 Å². The quantitative estimate of drug-likeness (QED) is 0.826. The van der Waals surface area contributed by atoms with Gasteiger partial charge in [0.1, 0.15) is 11.9 Å². The smallest absolute Gasteiger partial charge is 0.237 e. The molecule has 3 N–H and O–H groups in total. The van der Waals surface area contributed by atoms with Crippen LogP contribution in [0.5, 0.6) is 5.75 Å². The summed E-state index contributed by atoms with van der Waals surface area (Å²) in [6, 6.07) is 7.09. The van der Waals surface area contributed by atoms with E-state index in [0.29, 0.717) is 6.54 Å². The molecule has 1 aromatic carbocycles. The van der Waals surface area contributed by atoms with Crippen molar-refractivity contribution in [3.05, 3.63) is 28.7 Å². The fraction of sp³-hybridized carbons (Fsp3) is 0.533. The summed E-state index contributed by atoms with van der Waals surface area (Å²) in [4.78, 5) is 11.9. The second-order valence-corrected chi connectivity index (χ2v) is 6.80. The van der Waals surface area contributed by atoms with E-state index in [9.17, 15) is 4.79 Å². The third kappa shape index (κ3) is 6.68. The molecule has 0 aliphatic carbocycles. The predicted octanol–water partition coefficient (Wildman–Crippen LogP) is 3.13. The molecular weight excluding hydrogens is 356 g/mol. The second-order valence-electron chi connectivity index (χ2n) is 5.95. The lowest BCUT2D eigenvalue weighted by molar-refractivity contribution is -0.124. The van der Waals surface area contributed by atoms with Crippen LogP contribution in [0.4, 0.5) is 0 Å². The van der Waals surface area contributed by atoms with Gasteiger partial charge < -0.3 is 15.8 Å². The molecule has 0 fully saturated rings. The summed E-state index contributed by atoms with van der Waals surface area (Å²) in [5, 5.41) is 2.82. The molecule has 120 valence electrons. The molecule has 1 amide bonds. The highest BCUT2D eigenvalue weighted by molar-refractivity contribution is 9.10. The van der Waals surface area contributed by atoms with Gasteiger partial charge in [0.25, 0.3) is 0 Å². The number of halogens is 2. The van der Waals surface area contributed by atoms with E-state index in [1.165, 1.54) is 0 Å². The van der Waals surface area contributed by atoms with Crippen molar-refractivity contribution >= 4 is 34.2 Å². The molecule has 0 spiro atoms. The first kappa shape index (κ1) is 20.2. The lowest BCUT2D eigenvalue weighted by Crippen LogP contribution is -2.50. The Hall–Kier alpha value is -0.780. The van der Waals surface area contributed by atoms with Crippen molar-refractivity contribution in [2.75, 3.05) is 6.54 Å². The number of amides is 1. The first-order valence-corrected chi connectivity index (χ1v) is 7.45. The van der Waals surface area contributed by atoms with Gasteiger partial charge in [0.2, 0.25) is 5.91 Å². The second kappa shape index (κ2) is 8.61. The summed E-state index contributed by atoms with van der Waals surface area (Å²) < 4.78 is 6.65. The number of carbonyl (C=O) groups is 1. The lowest BCUT2D eigenvalue weighted by atomic mass is 9.87. The minimum absolute atomic E-state index is 0. The highest BCUT2D eigenvalue weighted by Crippen LogP contribution is 2.24. The van der Waals surface area contributed by atoms with Gasteiger partial charge in [0.05, 0.1) is 17.1 Å². The van der Waals surface area contributed by atoms with Crippen LogP contribution in [0.1, 0.15) is 27.7 Å². The molecule has 0 aliphatic heterocycles. The van der Waals surface area contributed by atoms with Crippen LogP contribution < -0.4 is 15.8 Å². The van der Waals surface area contributed by atoms with Crippen molar-refractivity contribution in [3.8, 4) is 5.75 Å². The summed E-state index contributed by atoms with van der Waals surface area (Å²) in [5.74, 6) is 0.606.